The Bertz CT molecular complexity index is 318. The monoisotopic (exact) mass is 273 g/mol. The van der Waals surface area contributed by atoms with Crippen molar-refractivity contribution in [3.05, 3.63) is 17.3 Å². The van der Waals surface area contributed by atoms with Crippen LogP contribution in [-0.4, -0.2) is 54.6 Å². The smallest absolute Gasteiger partial charge is 0.233 e. The van der Waals surface area contributed by atoms with Gasteiger partial charge in [-0.15, -0.1) is 10.2 Å². The van der Waals surface area contributed by atoms with Crippen LogP contribution < -0.4 is 4.74 Å². The standard InChI is InChI=1S/C12H20ClN3O2/c1-3-16(4-2)7-8-17-9-10-18-12-6-5-11(13)14-15-12/h5-6H,3-4,7-10H2,1-2H3. The molecule has 0 saturated heterocycles. The summed E-state index contributed by atoms with van der Waals surface area (Å²) in [5, 5.41) is 7.82. The molecule has 0 N–H and O–H groups in total. The third-order valence-electron chi connectivity index (χ3n) is 2.53. The Balaban J connectivity index is 2.03. The Morgan fingerprint density at radius 1 is 1.11 bits per heavy atom. The van der Waals surface area contributed by atoms with Crippen LogP contribution in [0.15, 0.2) is 12.1 Å². The average Bonchev–Trinajstić information content (AvgIpc) is 2.40. The van der Waals surface area contributed by atoms with Gasteiger partial charge in [0.25, 0.3) is 0 Å². The Morgan fingerprint density at radius 3 is 2.50 bits per heavy atom. The zero-order valence-corrected chi connectivity index (χ0v) is 11.7. The molecule has 102 valence electrons. The summed E-state index contributed by atoms with van der Waals surface area (Å²) in [6, 6.07) is 3.33. The Labute approximate surface area is 113 Å². The Kier molecular flexibility index (Phi) is 7.64. The summed E-state index contributed by atoms with van der Waals surface area (Å²) in [7, 11) is 0. The molecule has 18 heavy (non-hydrogen) atoms. The maximum absolute atomic E-state index is 5.61. The van der Waals surface area contributed by atoms with E-state index >= 15 is 0 Å². The van der Waals surface area contributed by atoms with Crippen molar-refractivity contribution in [3.8, 4) is 5.88 Å². The van der Waals surface area contributed by atoms with Gasteiger partial charge in [0.2, 0.25) is 5.88 Å². The fraction of sp³-hybridized carbons (Fsp3) is 0.667. The predicted molar refractivity (Wildman–Crippen MR) is 71.1 cm³/mol. The maximum atomic E-state index is 5.61. The van der Waals surface area contributed by atoms with Crippen molar-refractivity contribution in [2.24, 2.45) is 0 Å². The van der Waals surface area contributed by atoms with E-state index in [4.69, 9.17) is 21.1 Å². The van der Waals surface area contributed by atoms with Gasteiger partial charge in [0.05, 0.1) is 13.2 Å². The highest BCUT2D eigenvalue weighted by molar-refractivity contribution is 6.29. The number of rotatable bonds is 9. The SMILES string of the molecule is CCN(CC)CCOCCOc1ccc(Cl)nn1. The van der Waals surface area contributed by atoms with Gasteiger partial charge in [-0.25, -0.2) is 0 Å². The van der Waals surface area contributed by atoms with Gasteiger partial charge in [0.1, 0.15) is 6.61 Å². The van der Waals surface area contributed by atoms with Crippen molar-refractivity contribution in [1.82, 2.24) is 15.1 Å². The summed E-state index contributed by atoms with van der Waals surface area (Å²) >= 11 is 5.61. The summed E-state index contributed by atoms with van der Waals surface area (Å²) in [5.74, 6) is 0.465. The highest BCUT2D eigenvalue weighted by Crippen LogP contribution is 2.07. The normalized spacial score (nSPS) is 10.9. The molecule has 1 aromatic rings. The first-order chi connectivity index (χ1) is 8.76. The van der Waals surface area contributed by atoms with Crippen LogP contribution in [0.1, 0.15) is 13.8 Å². The van der Waals surface area contributed by atoms with Crippen molar-refractivity contribution < 1.29 is 9.47 Å². The molecule has 0 unspecified atom stereocenters. The maximum Gasteiger partial charge on any atom is 0.233 e. The fourth-order valence-electron chi connectivity index (χ4n) is 1.42. The molecule has 1 rings (SSSR count). The molecule has 0 aromatic carbocycles. The van der Waals surface area contributed by atoms with E-state index in [0.29, 0.717) is 24.2 Å². The highest BCUT2D eigenvalue weighted by Gasteiger charge is 1.99. The van der Waals surface area contributed by atoms with Crippen LogP contribution in [0.3, 0.4) is 0 Å². The fourth-order valence-corrected chi connectivity index (χ4v) is 1.52. The molecule has 0 bridgehead atoms. The Hall–Kier alpha value is -0.910. The molecule has 1 heterocycles. The van der Waals surface area contributed by atoms with E-state index in [9.17, 15) is 0 Å². The molecule has 0 amide bonds. The third kappa shape index (κ3) is 6.14. The summed E-state index contributed by atoms with van der Waals surface area (Å²) in [6.07, 6.45) is 0. The van der Waals surface area contributed by atoms with Gasteiger partial charge in [0, 0.05) is 12.6 Å². The zero-order valence-electron chi connectivity index (χ0n) is 10.9. The quantitative estimate of drug-likeness (QED) is 0.643. The van der Waals surface area contributed by atoms with Crippen molar-refractivity contribution in [2.45, 2.75) is 13.8 Å². The van der Waals surface area contributed by atoms with Crippen molar-refractivity contribution >= 4 is 11.6 Å². The van der Waals surface area contributed by atoms with Gasteiger partial charge < -0.3 is 14.4 Å². The lowest BCUT2D eigenvalue weighted by Gasteiger charge is -2.17. The number of aromatic nitrogens is 2. The van der Waals surface area contributed by atoms with Gasteiger partial charge in [0.15, 0.2) is 5.15 Å². The molecular weight excluding hydrogens is 254 g/mol. The minimum Gasteiger partial charge on any atom is -0.474 e. The molecule has 0 atom stereocenters. The zero-order chi connectivity index (χ0) is 13.2. The number of hydrogen-bond acceptors (Lipinski definition) is 5. The van der Waals surface area contributed by atoms with Gasteiger partial charge in [-0.3, -0.25) is 0 Å². The molecule has 1 aromatic heterocycles. The van der Waals surface area contributed by atoms with Crippen LogP contribution in [0, 0.1) is 0 Å². The largest absolute Gasteiger partial charge is 0.474 e. The van der Waals surface area contributed by atoms with E-state index in [1.54, 1.807) is 12.1 Å². The van der Waals surface area contributed by atoms with Gasteiger partial charge in [-0.05, 0) is 19.2 Å². The molecule has 0 fully saturated rings. The predicted octanol–water partition coefficient (Wildman–Crippen LogP) is 1.87. The molecule has 5 nitrogen and oxygen atoms in total. The second kappa shape index (κ2) is 9.08. The van der Waals surface area contributed by atoms with Crippen molar-refractivity contribution in [1.29, 1.82) is 0 Å². The van der Waals surface area contributed by atoms with E-state index in [1.165, 1.54) is 0 Å². The Morgan fingerprint density at radius 2 is 1.89 bits per heavy atom. The number of hydrogen-bond donors (Lipinski definition) is 0. The molecule has 6 heteroatoms. The number of halogens is 1. The molecule has 0 spiro atoms. The number of nitrogens with zero attached hydrogens (tertiary/aromatic N) is 3. The molecule has 0 radical (unpaired) electrons. The van der Waals surface area contributed by atoms with E-state index < -0.39 is 0 Å². The summed E-state index contributed by atoms with van der Waals surface area (Å²) in [4.78, 5) is 2.31. The number of ether oxygens (including phenoxy) is 2. The van der Waals surface area contributed by atoms with Crippen LogP contribution in [0.4, 0.5) is 0 Å². The first-order valence-electron chi connectivity index (χ1n) is 6.18. The van der Waals surface area contributed by atoms with E-state index in [2.05, 4.69) is 28.9 Å². The summed E-state index contributed by atoms with van der Waals surface area (Å²) < 4.78 is 10.8. The van der Waals surface area contributed by atoms with Gasteiger partial charge in [-0.1, -0.05) is 25.4 Å². The van der Waals surface area contributed by atoms with E-state index in [1.807, 2.05) is 0 Å². The molecule has 0 aliphatic carbocycles. The minimum absolute atomic E-state index is 0.359. The third-order valence-corrected chi connectivity index (χ3v) is 2.73. The highest BCUT2D eigenvalue weighted by atomic mass is 35.5. The second-order valence-electron chi connectivity index (χ2n) is 3.68. The molecule has 0 aliphatic rings. The van der Waals surface area contributed by atoms with Gasteiger partial charge >= 0.3 is 0 Å². The molecular formula is C12H20ClN3O2. The topological polar surface area (TPSA) is 47.5 Å². The van der Waals surface area contributed by atoms with Crippen LogP contribution >= 0.6 is 11.6 Å². The second-order valence-corrected chi connectivity index (χ2v) is 4.07. The lowest BCUT2D eigenvalue weighted by atomic mass is 10.5. The summed E-state index contributed by atoms with van der Waals surface area (Å²) in [5.41, 5.74) is 0. The van der Waals surface area contributed by atoms with Crippen LogP contribution in [0.25, 0.3) is 0 Å². The summed E-state index contributed by atoms with van der Waals surface area (Å²) in [6.45, 7) is 9.08. The van der Waals surface area contributed by atoms with Crippen LogP contribution in [0.5, 0.6) is 5.88 Å². The van der Waals surface area contributed by atoms with Crippen LogP contribution in [-0.2, 0) is 4.74 Å². The van der Waals surface area contributed by atoms with E-state index in [-0.39, 0.29) is 0 Å². The number of likely N-dealkylation sites (N-methyl/N-ethyl adjacent to an activating group) is 1. The minimum atomic E-state index is 0.359. The first kappa shape index (κ1) is 15.1. The van der Waals surface area contributed by atoms with Gasteiger partial charge in [-0.2, -0.15) is 0 Å². The molecule has 0 aliphatic heterocycles. The van der Waals surface area contributed by atoms with Crippen molar-refractivity contribution in [3.63, 3.8) is 0 Å². The molecule has 0 saturated carbocycles. The lowest BCUT2D eigenvalue weighted by molar-refractivity contribution is 0.0805. The van der Waals surface area contributed by atoms with Crippen LogP contribution in [0.2, 0.25) is 5.15 Å². The van der Waals surface area contributed by atoms with E-state index in [0.717, 1.165) is 26.2 Å². The first-order valence-corrected chi connectivity index (χ1v) is 6.56. The lowest BCUT2D eigenvalue weighted by Crippen LogP contribution is -2.27. The van der Waals surface area contributed by atoms with Crippen molar-refractivity contribution in [2.75, 3.05) is 39.5 Å². The average molecular weight is 274 g/mol.